The molecule has 1 aromatic heterocycles. The molecule has 1 aromatic carbocycles. The van der Waals surface area contributed by atoms with Gasteiger partial charge in [-0.15, -0.1) is 0 Å². The Morgan fingerprint density at radius 3 is 2.68 bits per heavy atom. The normalized spacial score (nSPS) is 10.4. The van der Waals surface area contributed by atoms with Gasteiger partial charge < -0.3 is 14.4 Å². The van der Waals surface area contributed by atoms with E-state index in [1.807, 2.05) is 26.1 Å². The Morgan fingerprint density at radius 1 is 1.16 bits per heavy atom. The molecule has 0 aliphatic heterocycles. The third-order valence-electron chi connectivity index (χ3n) is 3.80. The van der Waals surface area contributed by atoms with Crippen LogP contribution in [0.1, 0.15) is 42.6 Å². The first-order valence-electron chi connectivity index (χ1n) is 8.69. The molecular formula is C20H26N2O3. The van der Waals surface area contributed by atoms with E-state index in [0.717, 1.165) is 24.9 Å². The summed E-state index contributed by atoms with van der Waals surface area (Å²) in [7, 11) is 1.82. The largest absolute Gasteiger partial charge is 0.490 e. The van der Waals surface area contributed by atoms with Crippen LogP contribution in [0.3, 0.4) is 0 Å². The molecule has 0 bridgehead atoms. The van der Waals surface area contributed by atoms with E-state index in [1.54, 1.807) is 35.5 Å². The van der Waals surface area contributed by atoms with Crippen molar-refractivity contribution in [1.82, 2.24) is 9.88 Å². The van der Waals surface area contributed by atoms with E-state index >= 15 is 0 Å². The lowest BCUT2D eigenvalue weighted by molar-refractivity contribution is 0.0792. The van der Waals surface area contributed by atoms with E-state index in [4.69, 9.17) is 9.47 Å². The van der Waals surface area contributed by atoms with Gasteiger partial charge in [-0.25, -0.2) is 0 Å². The van der Waals surface area contributed by atoms with Crippen LogP contribution in [-0.2, 0) is 6.61 Å². The van der Waals surface area contributed by atoms with Gasteiger partial charge in [0.1, 0.15) is 6.61 Å². The van der Waals surface area contributed by atoms with Gasteiger partial charge in [0.25, 0.3) is 5.91 Å². The molecule has 0 aliphatic carbocycles. The Hall–Kier alpha value is -2.56. The second-order valence-corrected chi connectivity index (χ2v) is 5.82. The Bertz CT molecular complexity index is 674. The first kappa shape index (κ1) is 18.8. The molecular weight excluding hydrogens is 316 g/mol. The van der Waals surface area contributed by atoms with Gasteiger partial charge in [0, 0.05) is 37.1 Å². The Labute approximate surface area is 149 Å². The maximum atomic E-state index is 12.5. The molecule has 0 aliphatic rings. The maximum absolute atomic E-state index is 12.5. The molecule has 0 radical (unpaired) electrons. The van der Waals surface area contributed by atoms with Crippen molar-refractivity contribution in [3.05, 3.63) is 53.9 Å². The van der Waals surface area contributed by atoms with E-state index in [2.05, 4.69) is 11.9 Å². The highest BCUT2D eigenvalue weighted by molar-refractivity contribution is 5.94. The van der Waals surface area contributed by atoms with Crippen molar-refractivity contribution in [1.29, 1.82) is 0 Å². The van der Waals surface area contributed by atoms with Crippen LogP contribution in [0, 0.1) is 0 Å². The van der Waals surface area contributed by atoms with E-state index in [0.29, 0.717) is 30.3 Å². The predicted octanol–water partition coefficient (Wildman–Crippen LogP) is 3.93. The number of hydrogen-bond acceptors (Lipinski definition) is 4. The average Bonchev–Trinajstić information content (AvgIpc) is 2.65. The van der Waals surface area contributed by atoms with Crippen LogP contribution < -0.4 is 9.47 Å². The van der Waals surface area contributed by atoms with E-state index < -0.39 is 0 Å². The van der Waals surface area contributed by atoms with E-state index in [9.17, 15) is 4.79 Å². The van der Waals surface area contributed by atoms with Crippen LogP contribution in [0.2, 0.25) is 0 Å². The van der Waals surface area contributed by atoms with Crippen LogP contribution >= 0.6 is 0 Å². The highest BCUT2D eigenvalue weighted by Crippen LogP contribution is 2.29. The smallest absolute Gasteiger partial charge is 0.253 e. The molecule has 0 N–H and O–H groups in total. The Morgan fingerprint density at radius 2 is 2.00 bits per heavy atom. The molecule has 2 rings (SSSR count). The van der Waals surface area contributed by atoms with Crippen LogP contribution in [0.4, 0.5) is 0 Å². The van der Waals surface area contributed by atoms with Crippen molar-refractivity contribution >= 4 is 5.91 Å². The molecule has 0 unspecified atom stereocenters. The summed E-state index contributed by atoms with van der Waals surface area (Å²) >= 11 is 0. The number of hydrogen-bond donors (Lipinski definition) is 0. The molecule has 5 heteroatoms. The predicted molar refractivity (Wildman–Crippen MR) is 98.0 cm³/mol. The third-order valence-corrected chi connectivity index (χ3v) is 3.80. The molecule has 5 nitrogen and oxygen atoms in total. The lowest BCUT2D eigenvalue weighted by Gasteiger charge is -2.18. The summed E-state index contributed by atoms with van der Waals surface area (Å²) in [5, 5.41) is 0. The average molecular weight is 342 g/mol. The van der Waals surface area contributed by atoms with Crippen molar-refractivity contribution in [3.8, 4) is 11.5 Å². The lowest BCUT2D eigenvalue weighted by Crippen LogP contribution is -2.27. The van der Waals surface area contributed by atoms with Crippen molar-refractivity contribution in [2.24, 2.45) is 0 Å². The molecule has 25 heavy (non-hydrogen) atoms. The highest BCUT2D eigenvalue weighted by atomic mass is 16.5. The fourth-order valence-electron chi connectivity index (χ4n) is 2.39. The first-order valence-corrected chi connectivity index (χ1v) is 8.69. The molecule has 134 valence electrons. The van der Waals surface area contributed by atoms with Gasteiger partial charge in [-0.2, -0.15) is 0 Å². The van der Waals surface area contributed by atoms with Gasteiger partial charge in [-0.3, -0.25) is 9.78 Å². The summed E-state index contributed by atoms with van der Waals surface area (Å²) in [6.45, 7) is 5.68. The van der Waals surface area contributed by atoms with Crippen molar-refractivity contribution < 1.29 is 14.3 Å². The minimum atomic E-state index is -0.00628. The summed E-state index contributed by atoms with van der Waals surface area (Å²) in [5.74, 6) is 1.20. The van der Waals surface area contributed by atoms with Crippen LogP contribution in [0.15, 0.2) is 42.7 Å². The zero-order valence-corrected chi connectivity index (χ0v) is 15.2. The Kier molecular flexibility index (Phi) is 7.26. The minimum absolute atomic E-state index is 0.00628. The van der Waals surface area contributed by atoms with E-state index in [-0.39, 0.29) is 5.91 Å². The van der Waals surface area contributed by atoms with Crippen LogP contribution in [-0.4, -0.2) is 36.0 Å². The number of unbranched alkanes of at least 4 members (excludes halogenated alkanes) is 1. The number of pyridine rings is 1. The molecule has 2 aromatic rings. The molecule has 0 spiro atoms. The van der Waals surface area contributed by atoms with Gasteiger partial charge in [0.2, 0.25) is 0 Å². The second-order valence-electron chi connectivity index (χ2n) is 5.82. The molecule has 1 amide bonds. The molecule has 0 saturated heterocycles. The molecule has 0 fully saturated rings. The summed E-state index contributed by atoms with van der Waals surface area (Å²) in [6.07, 6.45) is 5.54. The topological polar surface area (TPSA) is 51.7 Å². The fourth-order valence-corrected chi connectivity index (χ4v) is 2.39. The summed E-state index contributed by atoms with van der Waals surface area (Å²) < 4.78 is 11.5. The standard InChI is InChI=1S/C20H26N2O3/c1-4-6-12-22(3)20(23)17-9-10-18(19(13-17)24-5-2)25-15-16-8-7-11-21-14-16/h7-11,13-14H,4-6,12,15H2,1-3H3. The zero-order valence-electron chi connectivity index (χ0n) is 15.2. The SMILES string of the molecule is CCCCN(C)C(=O)c1ccc(OCc2cccnc2)c(OCC)c1. The number of ether oxygens (including phenoxy) is 2. The van der Waals surface area contributed by atoms with Gasteiger partial charge in [-0.05, 0) is 37.6 Å². The third kappa shape index (κ3) is 5.48. The van der Waals surface area contributed by atoms with Gasteiger partial charge in [-0.1, -0.05) is 19.4 Å². The van der Waals surface area contributed by atoms with Crippen molar-refractivity contribution in [2.75, 3.05) is 20.2 Å². The maximum Gasteiger partial charge on any atom is 0.253 e. The van der Waals surface area contributed by atoms with Crippen molar-refractivity contribution in [2.45, 2.75) is 33.3 Å². The quantitative estimate of drug-likeness (QED) is 0.693. The fraction of sp³-hybridized carbons (Fsp3) is 0.400. The number of aromatic nitrogens is 1. The Balaban J connectivity index is 2.12. The van der Waals surface area contributed by atoms with E-state index in [1.165, 1.54) is 0 Å². The zero-order chi connectivity index (χ0) is 18.1. The van der Waals surface area contributed by atoms with Crippen LogP contribution in [0.25, 0.3) is 0 Å². The van der Waals surface area contributed by atoms with Gasteiger partial charge in [0.05, 0.1) is 6.61 Å². The lowest BCUT2D eigenvalue weighted by atomic mass is 10.1. The number of nitrogens with zero attached hydrogens (tertiary/aromatic N) is 2. The summed E-state index contributed by atoms with van der Waals surface area (Å²) in [4.78, 5) is 18.3. The monoisotopic (exact) mass is 342 g/mol. The number of carbonyl (C=O) groups excluding carboxylic acids is 1. The number of carbonyl (C=O) groups is 1. The molecule has 1 heterocycles. The summed E-state index contributed by atoms with van der Waals surface area (Å²) in [5.41, 5.74) is 1.58. The first-order chi connectivity index (χ1) is 12.2. The number of benzene rings is 1. The highest BCUT2D eigenvalue weighted by Gasteiger charge is 2.15. The number of rotatable bonds is 9. The van der Waals surface area contributed by atoms with Gasteiger partial charge in [0.15, 0.2) is 11.5 Å². The minimum Gasteiger partial charge on any atom is -0.490 e. The van der Waals surface area contributed by atoms with Crippen molar-refractivity contribution in [3.63, 3.8) is 0 Å². The van der Waals surface area contributed by atoms with Crippen LogP contribution in [0.5, 0.6) is 11.5 Å². The molecule has 0 atom stereocenters. The number of amides is 1. The molecule has 0 saturated carbocycles. The van der Waals surface area contributed by atoms with Gasteiger partial charge >= 0.3 is 0 Å². The second kappa shape index (κ2) is 9.67. The summed E-state index contributed by atoms with van der Waals surface area (Å²) in [6, 6.07) is 9.16.